The Morgan fingerprint density at radius 1 is 0.958 bits per heavy atom. The molecule has 1 aliphatic heterocycles. The van der Waals surface area contributed by atoms with Crippen LogP contribution >= 0.6 is 0 Å². The Morgan fingerprint density at radius 3 is 2.50 bits per heavy atom. The Morgan fingerprint density at radius 2 is 1.75 bits per heavy atom. The zero-order valence-corrected chi connectivity index (χ0v) is 27.1. The number of nitrogens with zero attached hydrogens (tertiary/aromatic N) is 4. The number of nitrogens with one attached hydrogen (secondary N) is 2. The number of benzene rings is 4. The predicted molar refractivity (Wildman–Crippen MR) is 185 cm³/mol. The second kappa shape index (κ2) is 13.9. The number of rotatable bonds is 9. The summed E-state index contributed by atoms with van der Waals surface area (Å²) in [6, 6.07) is 25.9. The van der Waals surface area contributed by atoms with Crippen LogP contribution in [0.3, 0.4) is 0 Å². The summed E-state index contributed by atoms with van der Waals surface area (Å²) in [7, 11) is 1.54. The molecule has 0 saturated carbocycles. The highest BCUT2D eigenvalue weighted by Gasteiger charge is 2.33. The van der Waals surface area contributed by atoms with Gasteiger partial charge in [0.25, 0.3) is 5.91 Å². The number of hydrogen-bond donors (Lipinski definition) is 3. The molecule has 0 radical (unpaired) electrons. The van der Waals surface area contributed by atoms with Crippen molar-refractivity contribution < 1.29 is 24.2 Å². The van der Waals surface area contributed by atoms with Crippen LogP contribution in [0.4, 0.5) is 10.5 Å². The number of piperazine rings is 1. The topological polar surface area (TPSA) is 129 Å². The molecule has 3 amide bonds. The number of aromatic carboxylic acids is 1. The maximum atomic E-state index is 14.3. The van der Waals surface area contributed by atoms with Crippen LogP contribution in [-0.4, -0.2) is 83.3 Å². The lowest BCUT2D eigenvalue weighted by atomic mass is 10.0. The number of aryl methyl sites for hydroxylation is 1. The van der Waals surface area contributed by atoms with Crippen molar-refractivity contribution in [1.29, 1.82) is 0 Å². The number of fused-ring (bicyclic) bond motifs is 1. The standard InChI is InChI=1S/C37H38N6O5/c1-4-48-30-10-7-9-27(19-30)43-23-33(40-34(43)25-14-12-24(2)13-15-25)35(44)42-17-16-41(22-29(42)21-39-37(47)38-3)28-18-26-8-5-6-11-31(26)32(20-28)36(45)46/h5-15,18-20,23,29H,4,16-17,21-22H2,1-3H3,(H,45,46)(H2,38,39,47)/t29-/m0/s1. The van der Waals surface area contributed by atoms with Gasteiger partial charge in [-0.2, -0.15) is 0 Å². The van der Waals surface area contributed by atoms with Gasteiger partial charge < -0.3 is 30.3 Å². The highest BCUT2D eigenvalue weighted by molar-refractivity contribution is 6.05. The van der Waals surface area contributed by atoms with Gasteiger partial charge in [-0.3, -0.25) is 9.36 Å². The van der Waals surface area contributed by atoms with Crippen LogP contribution in [0.15, 0.2) is 91.1 Å². The number of carbonyl (C=O) groups is 3. The molecule has 6 rings (SSSR count). The third-order valence-corrected chi connectivity index (χ3v) is 8.55. The summed E-state index contributed by atoms with van der Waals surface area (Å²) in [4.78, 5) is 47.5. The summed E-state index contributed by atoms with van der Waals surface area (Å²) >= 11 is 0. The van der Waals surface area contributed by atoms with Crippen molar-refractivity contribution in [3.63, 3.8) is 0 Å². The van der Waals surface area contributed by atoms with Crippen LogP contribution in [0, 0.1) is 6.92 Å². The first-order valence-corrected chi connectivity index (χ1v) is 15.9. The van der Waals surface area contributed by atoms with Gasteiger partial charge in [-0.25, -0.2) is 14.6 Å². The Bertz CT molecular complexity index is 1970. The van der Waals surface area contributed by atoms with Crippen LogP contribution in [0.1, 0.15) is 33.3 Å². The van der Waals surface area contributed by atoms with E-state index in [1.165, 1.54) is 7.05 Å². The molecule has 11 heteroatoms. The lowest BCUT2D eigenvalue weighted by Gasteiger charge is -2.42. The fraction of sp³-hybridized carbons (Fsp3) is 0.243. The number of aromatic nitrogens is 2. The van der Waals surface area contributed by atoms with E-state index in [9.17, 15) is 19.5 Å². The monoisotopic (exact) mass is 646 g/mol. The number of anilines is 1. The van der Waals surface area contributed by atoms with Crippen molar-refractivity contribution in [3.8, 4) is 22.8 Å². The van der Waals surface area contributed by atoms with Crippen molar-refractivity contribution >= 4 is 34.4 Å². The number of carboxylic acids is 1. The van der Waals surface area contributed by atoms with E-state index in [0.29, 0.717) is 43.2 Å². The quantitative estimate of drug-likeness (QED) is 0.197. The molecule has 11 nitrogen and oxygen atoms in total. The Labute approximate surface area is 278 Å². The van der Waals surface area contributed by atoms with Crippen LogP contribution < -0.4 is 20.3 Å². The average Bonchev–Trinajstić information content (AvgIpc) is 3.56. The van der Waals surface area contributed by atoms with Crippen LogP contribution in [-0.2, 0) is 0 Å². The molecule has 1 saturated heterocycles. The number of amides is 3. The molecule has 0 unspecified atom stereocenters. The molecule has 0 spiro atoms. The van der Waals surface area contributed by atoms with Gasteiger partial charge in [-0.15, -0.1) is 0 Å². The van der Waals surface area contributed by atoms with Crippen molar-refractivity contribution in [2.24, 2.45) is 0 Å². The third-order valence-electron chi connectivity index (χ3n) is 8.55. The fourth-order valence-electron chi connectivity index (χ4n) is 6.11. The average molecular weight is 647 g/mol. The largest absolute Gasteiger partial charge is 0.494 e. The smallest absolute Gasteiger partial charge is 0.336 e. The Balaban J connectivity index is 1.35. The minimum atomic E-state index is -1.01. The first-order chi connectivity index (χ1) is 23.2. The number of hydrogen-bond acceptors (Lipinski definition) is 6. The molecular formula is C37H38N6O5. The summed E-state index contributed by atoms with van der Waals surface area (Å²) in [6.07, 6.45) is 1.75. The molecule has 246 valence electrons. The summed E-state index contributed by atoms with van der Waals surface area (Å²) < 4.78 is 7.65. The molecule has 1 atom stereocenters. The van der Waals surface area contributed by atoms with Crippen molar-refractivity contribution in [1.82, 2.24) is 25.1 Å². The van der Waals surface area contributed by atoms with Crippen LogP contribution in [0.5, 0.6) is 5.75 Å². The van der Waals surface area contributed by atoms with Crippen molar-refractivity contribution in [2.75, 3.05) is 44.7 Å². The van der Waals surface area contributed by atoms with Gasteiger partial charge in [-0.05, 0) is 48.9 Å². The van der Waals surface area contributed by atoms with E-state index >= 15 is 0 Å². The summed E-state index contributed by atoms with van der Waals surface area (Å²) in [5.41, 5.74) is 3.99. The van der Waals surface area contributed by atoms with Gasteiger partial charge in [0.15, 0.2) is 0 Å². The van der Waals surface area contributed by atoms with Gasteiger partial charge >= 0.3 is 12.0 Å². The Hall–Kier alpha value is -5.84. The van der Waals surface area contributed by atoms with E-state index in [4.69, 9.17) is 9.72 Å². The minimum absolute atomic E-state index is 0.184. The highest BCUT2D eigenvalue weighted by atomic mass is 16.5. The van der Waals surface area contributed by atoms with E-state index in [2.05, 4.69) is 15.5 Å². The summed E-state index contributed by atoms with van der Waals surface area (Å²) in [5.74, 6) is 0.0494. The zero-order chi connectivity index (χ0) is 33.8. The van der Waals surface area contributed by atoms with Gasteiger partial charge in [-0.1, -0.05) is 60.2 Å². The molecular weight excluding hydrogens is 608 g/mol. The molecule has 2 heterocycles. The molecule has 1 fully saturated rings. The summed E-state index contributed by atoms with van der Waals surface area (Å²) in [5, 5.41) is 16.9. The number of carbonyl (C=O) groups excluding carboxylic acids is 2. The molecule has 48 heavy (non-hydrogen) atoms. The van der Waals surface area contributed by atoms with E-state index in [1.807, 2.05) is 91.2 Å². The molecule has 3 N–H and O–H groups in total. The van der Waals surface area contributed by atoms with E-state index < -0.39 is 12.0 Å². The first kappa shape index (κ1) is 32.1. The normalized spacial score (nSPS) is 14.5. The van der Waals surface area contributed by atoms with E-state index in [1.54, 1.807) is 23.2 Å². The zero-order valence-electron chi connectivity index (χ0n) is 27.1. The fourth-order valence-corrected chi connectivity index (χ4v) is 6.11. The highest BCUT2D eigenvalue weighted by Crippen LogP contribution is 2.30. The number of urea groups is 1. The summed E-state index contributed by atoms with van der Waals surface area (Å²) in [6.45, 7) is 5.82. The van der Waals surface area contributed by atoms with Crippen molar-refractivity contribution in [3.05, 3.63) is 108 Å². The van der Waals surface area contributed by atoms with E-state index in [-0.39, 0.29) is 29.7 Å². The first-order valence-electron chi connectivity index (χ1n) is 15.9. The van der Waals surface area contributed by atoms with Crippen molar-refractivity contribution in [2.45, 2.75) is 19.9 Å². The maximum absolute atomic E-state index is 14.3. The molecule has 1 aromatic heterocycles. The van der Waals surface area contributed by atoms with Gasteiger partial charge in [0.05, 0.1) is 23.9 Å². The third kappa shape index (κ3) is 6.66. The van der Waals surface area contributed by atoms with Gasteiger partial charge in [0, 0.05) is 56.7 Å². The Kier molecular flexibility index (Phi) is 9.29. The van der Waals surface area contributed by atoms with Gasteiger partial charge in [0.1, 0.15) is 17.3 Å². The number of ether oxygens (including phenoxy) is 1. The molecule has 1 aliphatic rings. The van der Waals surface area contributed by atoms with Gasteiger partial charge in [0.2, 0.25) is 0 Å². The van der Waals surface area contributed by atoms with E-state index in [0.717, 1.165) is 27.9 Å². The maximum Gasteiger partial charge on any atom is 0.336 e. The molecule has 4 aromatic carbocycles. The predicted octanol–water partition coefficient (Wildman–Crippen LogP) is 5.36. The molecule has 0 bridgehead atoms. The minimum Gasteiger partial charge on any atom is -0.494 e. The lowest BCUT2D eigenvalue weighted by molar-refractivity contribution is 0.0651. The van der Waals surface area contributed by atoms with Crippen LogP contribution in [0.25, 0.3) is 27.8 Å². The molecule has 0 aliphatic carbocycles. The SMILES string of the molecule is CCOc1cccc(-n2cc(C(=O)N3CCN(c4cc(C(=O)O)c5ccccc5c4)C[C@@H]3CNC(=O)NC)nc2-c2ccc(C)cc2)c1. The lowest BCUT2D eigenvalue weighted by Crippen LogP contribution is -2.59. The van der Waals surface area contributed by atoms with Crippen LogP contribution in [0.2, 0.25) is 0 Å². The second-order valence-corrected chi connectivity index (χ2v) is 11.7. The second-order valence-electron chi connectivity index (χ2n) is 11.7. The number of carboxylic acid groups (broad SMARTS) is 1. The molecule has 5 aromatic rings. The number of imidazole rings is 1.